The van der Waals surface area contributed by atoms with Crippen molar-refractivity contribution in [2.45, 2.75) is 19.6 Å². The lowest BCUT2D eigenvalue weighted by molar-refractivity contribution is -0.127. The molecule has 1 aromatic heterocycles. The fraction of sp³-hybridized carbons (Fsp3) is 0.158. The summed E-state index contributed by atoms with van der Waals surface area (Å²) in [5.41, 5.74) is -0.555. The highest BCUT2D eigenvalue weighted by Gasteiger charge is 2.29. The average molecular weight is 431 g/mol. The van der Waals surface area contributed by atoms with Crippen molar-refractivity contribution in [2.24, 2.45) is 0 Å². The second kappa shape index (κ2) is 8.09. The number of benzene rings is 2. The van der Waals surface area contributed by atoms with E-state index in [9.17, 15) is 35.9 Å². The molecule has 5 nitrogen and oxygen atoms in total. The molecule has 2 aromatic carbocycles. The van der Waals surface area contributed by atoms with E-state index in [-0.39, 0.29) is 23.1 Å². The molecule has 30 heavy (non-hydrogen) atoms. The lowest BCUT2D eigenvalue weighted by Gasteiger charge is -2.16. The molecular weight excluding hydrogens is 420 g/mol. The zero-order chi connectivity index (χ0) is 22.2. The predicted molar refractivity (Wildman–Crippen MR) is 90.6 cm³/mol. The number of ether oxygens (including phenoxy) is 1. The highest BCUT2D eigenvalue weighted by molar-refractivity contribution is 5.83. The summed E-state index contributed by atoms with van der Waals surface area (Å²) in [6.07, 6.45) is -1.68. The minimum absolute atomic E-state index is 0.0545. The normalized spacial score (nSPS) is 12.1. The first-order valence-corrected chi connectivity index (χ1v) is 8.28. The van der Waals surface area contributed by atoms with Crippen molar-refractivity contribution in [3.63, 3.8) is 0 Å². The molecule has 0 bridgehead atoms. The van der Waals surface area contributed by atoms with Crippen molar-refractivity contribution >= 4 is 16.9 Å². The van der Waals surface area contributed by atoms with Gasteiger partial charge >= 0.3 is 5.63 Å². The van der Waals surface area contributed by atoms with Gasteiger partial charge in [-0.25, -0.2) is 22.4 Å². The van der Waals surface area contributed by atoms with Gasteiger partial charge in [0.25, 0.3) is 5.91 Å². The number of hydrogen-bond donors (Lipinski definition) is 1. The Hall–Kier alpha value is -3.50. The van der Waals surface area contributed by atoms with Gasteiger partial charge in [0, 0.05) is 18.0 Å². The van der Waals surface area contributed by atoms with E-state index in [0.717, 1.165) is 25.1 Å². The van der Waals surface area contributed by atoms with E-state index in [1.165, 1.54) is 6.07 Å². The number of halogens is 6. The lowest BCUT2D eigenvalue weighted by Crippen LogP contribution is -2.36. The summed E-state index contributed by atoms with van der Waals surface area (Å²) in [7, 11) is 0. The maximum absolute atomic E-state index is 13.7. The minimum Gasteiger partial charge on any atom is -0.475 e. The van der Waals surface area contributed by atoms with Crippen LogP contribution >= 0.6 is 0 Å². The zero-order valence-electron chi connectivity index (χ0n) is 15.0. The Kier molecular flexibility index (Phi) is 5.72. The van der Waals surface area contributed by atoms with Crippen molar-refractivity contribution in [2.75, 3.05) is 0 Å². The second-order valence-electron chi connectivity index (χ2n) is 6.11. The Morgan fingerprint density at radius 2 is 1.60 bits per heavy atom. The van der Waals surface area contributed by atoms with Crippen molar-refractivity contribution < 1.29 is 40.3 Å². The van der Waals surface area contributed by atoms with Gasteiger partial charge in [0.05, 0.1) is 0 Å². The van der Waals surface area contributed by atoms with Gasteiger partial charge in [-0.3, -0.25) is 4.79 Å². The Labute approximate surface area is 163 Å². The molecule has 11 heteroatoms. The largest absolute Gasteiger partial charge is 0.475 e. The SMILES string of the molecule is CC(Oc1c(F)c(F)c(F)c(F)c1F)C(=O)NCc1cc(=O)oc2ccc(F)cc12. The molecule has 0 spiro atoms. The number of hydrogen-bond acceptors (Lipinski definition) is 4. The van der Waals surface area contributed by atoms with Gasteiger partial charge < -0.3 is 14.5 Å². The van der Waals surface area contributed by atoms with E-state index in [1.807, 2.05) is 0 Å². The fourth-order valence-corrected chi connectivity index (χ4v) is 2.59. The lowest BCUT2D eigenvalue weighted by atomic mass is 10.1. The van der Waals surface area contributed by atoms with Gasteiger partial charge in [0.15, 0.2) is 11.9 Å². The topological polar surface area (TPSA) is 68.5 Å². The first-order chi connectivity index (χ1) is 14.1. The summed E-state index contributed by atoms with van der Waals surface area (Å²) in [4.78, 5) is 23.7. The highest BCUT2D eigenvalue weighted by Crippen LogP contribution is 2.29. The van der Waals surface area contributed by atoms with Crippen LogP contribution in [0.1, 0.15) is 12.5 Å². The molecule has 3 rings (SSSR count). The third-order valence-electron chi connectivity index (χ3n) is 4.08. The molecule has 0 aliphatic carbocycles. The maximum Gasteiger partial charge on any atom is 0.336 e. The van der Waals surface area contributed by atoms with Crippen LogP contribution in [0.4, 0.5) is 26.3 Å². The molecule has 0 fully saturated rings. The quantitative estimate of drug-likeness (QED) is 0.290. The summed E-state index contributed by atoms with van der Waals surface area (Å²) >= 11 is 0. The molecule has 1 unspecified atom stereocenters. The maximum atomic E-state index is 13.7. The number of carbonyl (C=O) groups is 1. The van der Waals surface area contributed by atoms with Gasteiger partial charge in [-0.2, -0.15) is 8.78 Å². The van der Waals surface area contributed by atoms with Crippen LogP contribution in [0.2, 0.25) is 0 Å². The molecule has 0 radical (unpaired) electrons. The van der Waals surface area contributed by atoms with Crippen LogP contribution in [0.5, 0.6) is 5.75 Å². The zero-order valence-corrected chi connectivity index (χ0v) is 15.0. The molecular formula is C19H11F6NO4. The molecule has 1 N–H and O–H groups in total. The van der Waals surface area contributed by atoms with Crippen LogP contribution in [0.25, 0.3) is 11.0 Å². The van der Waals surface area contributed by atoms with E-state index in [0.29, 0.717) is 0 Å². The Morgan fingerprint density at radius 3 is 2.23 bits per heavy atom. The van der Waals surface area contributed by atoms with Gasteiger partial charge in [-0.1, -0.05) is 0 Å². The summed E-state index contributed by atoms with van der Waals surface area (Å²) in [5, 5.41) is 2.45. The van der Waals surface area contributed by atoms with Gasteiger partial charge in [-0.15, -0.1) is 0 Å². The standard InChI is InChI=1S/C19H11F6NO4/c1-7(29-18-16(24)14(22)13(21)15(23)17(18)25)19(28)26-6-8-4-12(27)30-11-3-2-9(20)5-10(8)11/h2-5,7H,6H2,1H3,(H,26,28). The molecule has 1 heterocycles. The van der Waals surface area contributed by atoms with Crippen molar-refractivity contribution in [1.29, 1.82) is 0 Å². The molecule has 0 saturated carbocycles. The van der Waals surface area contributed by atoms with Crippen molar-refractivity contribution in [1.82, 2.24) is 5.32 Å². The number of rotatable bonds is 5. The molecule has 158 valence electrons. The average Bonchev–Trinajstić information content (AvgIpc) is 2.72. The molecule has 1 atom stereocenters. The smallest absolute Gasteiger partial charge is 0.336 e. The van der Waals surface area contributed by atoms with Crippen LogP contribution in [0, 0.1) is 34.9 Å². The van der Waals surface area contributed by atoms with Crippen molar-refractivity contribution in [3.8, 4) is 5.75 Å². The van der Waals surface area contributed by atoms with E-state index < -0.39 is 58.3 Å². The molecule has 1 amide bonds. The molecule has 0 saturated heterocycles. The summed E-state index contributed by atoms with van der Waals surface area (Å²) in [6, 6.07) is 4.34. The predicted octanol–water partition coefficient (Wildman–Crippen LogP) is 3.71. The summed E-state index contributed by atoms with van der Waals surface area (Å²) in [6.45, 7) is 0.666. The van der Waals surface area contributed by atoms with Gasteiger partial charge in [-0.05, 0) is 30.7 Å². The first-order valence-electron chi connectivity index (χ1n) is 8.28. The monoisotopic (exact) mass is 431 g/mol. The van der Waals surface area contributed by atoms with Crippen LogP contribution in [-0.4, -0.2) is 12.0 Å². The summed E-state index contributed by atoms with van der Waals surface area (Å²) in [5.74, 6) is -14.5. The van der Waals surface area contributed by atoms with Crippen LogP contribution in [0.3, 0.4) is 0 Å². The van der Waals surface area contributed by atoms with E-state index in [2.05, 4.69) is 10.1 Å². The second-order valence-corrected chi connectivity index (χ2v) is 6.11. The Balaban J connectivity index is 1.79. The first kappa shape index (κ1) is 21.2. The van der Waals surface area contributed by atoms with E-state index in [4.69, 9.17) is 4.42 Å². The van der Waals surface area contributed by atoms with E-state index >= 15 is 0 Å². The Morgan fingerprint density at radius 1 is 1.00 bits per heavy atom. The molecule has 3 aromatic rings. The van der Waals surface area contributed by atoms with Gasteiger partial charge in [0.1, 0.15) is 11.4 Å². The minimum atomic E-state index is -2.36. The van der Waals surface area contributed by atoms with Crippen LogP contribution in [-0.2, 0) is 11.3 Å². The third kappa shape index (κ3) is 3.95. The fourth-order valence-electron chi connectivity index (χ4n) is 2.59. The van der Waals surface area contributed by atoms with Gasteiger partial charge in [0.2, 0.25) is 29.1 Å². The van der Waals surface area contributed by atoms with Crippen molar-refractivity contribution in [3.05, 3.63) is 75.2 Å². The molecule has 0 aliphatic heterocycles. The number of amides is 1. The molecule has 0 aliphatic rings. The number of nitrogens with one attached hydrogen (secondary N) is 1. The van der Waals surface area contributed by atoms with E-state index in [1.54, 1.807) is 0 Å². The highest BCUT2D eigenvalue weighted by atomic mass is 19.2. The number of fused-ring (bicyclic) bond motifs is 1. The Bertz CT molecular complexity index is 1180. The third-order valence-corrected chi connectivity index (χ3v) is 4.08. The van der Waals surface area contributed by atoms with Crippen LogP contribution in [0.15, 0.2) is 33.5 Å². The number of carbonyl (C=O) groups excluding carboxylic acids is 1. The van der Waals surface area contributed by atoms with Crippen LogP contribution < -0.4 is 15.7 Å². The summed E-state index contributed by atoms with van der Waals surface area (Å²) < 4.78 is 89.9.